The summed E-state index contributed by atoms with van der Waals surface area (Å²) in [6.07, 6.45) is 4.28. The molecule has 4 unspecified atom stereocenters. The summed E-state index contributed by atoms with van der Waals surface area (Å²) < 4.78 is 0. The Morgan fingerprint density at radius 2 is 0.932 bits per heavy atom. The van der Waals surface area contributed by atoms with E-state index >= 15 is 0 Å². The number of aryl methyl sites for hydroxylation is 2. The first kappa shape index (κ1) is 44.0. The molecule has 15 rings (SSSR count). The van der Waals surface area contributed by atoms with Crippen LogP contribution < -0.4 is 31.1 Å². The highest BCUT2D eigenvalue weighted by Crippen LogP contribution is 2.67. The summed E-state index contributed by atoms with van der Waals surface area (Å²) in [4.78, 5) is 8.34. The molecule has 9 aromatic carbocycles. The van der Waals surface area contributed by atoms with Crippen LogP contribution in [0.4, 0.5) is 39.8 Å². The molecule has 0 amide bonds. The molecule has 9 aromatic rings. The van der Waals surface area contributed by atoms with Crippen molar-refractivity contribution in [1.29, 1.82) is 0 Å². The normalized spacial score (nSPS) is 23.2. The van der Waals surface area contributed by atoms with E-state index in [-0.39, 0.29) is 34.0 Å². The molecule has 4 atom stereocenters. The highest BCUT2D eigenvalue weighted by atomic mass is 15.3. The lowest BCUT2D eigenvalue weighted by molar-refractivity contribution is 0.244. The molecule has 4 heteroatoms. The topological polar surface area (TPSA) is 9.72 Å². The minimum Gasteiger partial charge on any atom is -0.331 e. The summed E-state index contributed by atoms with van der Waals surface area (Å²) in [6.45, 7) is 17.6. The van der Waals surface area contributed by atoms with Gasteiger partial charge in [-0.25, -0.2) is 0 Å². The molecular weight excluding hydrogens is 894 g/mol. The zero-order chi connectivity index (χ0) is 50.1. The predicted octanol–water partition coefficient (Wildman–Crippen LogP) is 15.5. The summed E-state index contributed by atoms with van der Waals surface area (Å²) in [6, 6.07) is 77.3. The van der Waals surface area contributed by atoms with E-state index in [1.54, 1.807) is 0 Å². The number of fused-ring (bicyclic) bond motifs is 14. The fourth-order valence-electron chi connectivity index (χ4n) is 15.7. The number of hydrogen-bond acceptors (Lipinski definition) is 3. The van der Waals surface area contributed by atoms with E-state index < -0.39 is 0 Å². The van der Waals surface area contributed by atoms with Gasteiger partial charge >= 0.3 is 0 Å². The molecular formula is C70H62BN3. The van der Waals surface area contributed by atoms with Crippen LogP contribution in [0.25, 0.3) is 22.3 Å². The summed E-state index contributed by atoms with van der Waals surface area (Å²) in [7, 11) is 0. The van der Waals surface area contributed by atoms with Crippen molar-refractivity contribution in [2.75, 3.05) is 14.7 Å². The Labute approximate surface area is 438 Å². The second-order valence-corrected chi connectivity index (χ2v) is 24.2. The fourth-order valence-corrected chi connectivity index (χ4v) is 15.7. The first-order chi connectivity index (χ1) is 35.8. The molecule has 2 aliphatic carbocycles. The van der Waals surface area contributed by atoms with Gasteiger partial charge < -0.3 is 14.7 Å². The fraction of sp³-hybridized carbons (Fsp3) is 0.229. The molecule has 4 heterocycles. The minimum absolute atomic E-state index is 0.0235. The lowest BCUT2D eigenvalue weighted by Gasteiger charge is -2.54. The first-order valence-corrected chi connectivity index (χ1v) is 27.2. The van der Waals surface area contributed by atoms with Crippen LogP contribution >= 0.6 is 0 Å². The van der Waals surface area contributed by atoms with Crippen molar-refractivity contribution < 1.29 is 0 Å². The van der Waals surface area contributed by atoms with Crippen LogP contribution in [0.5, 0.6) is 0 Å². The lowest BCUT2D eigenvalue weighted by Crippen LogP contribution is -2.64. The van der Waals surface area contributed by atoms with Crippen LogP contribution in [0.2, 0.25) is 0 Å². The highest BCUT2D eigenvalue weighted by Gasteiger charge is 2.64. The van der Waals surface area contributed by atoms with Crippen LogP contribution in [0.15, 0.2) is 200 Å². The van der Waals surface area contributed by atoms with E-state index in [1.165, 1.54) is 112 Å². The van der Waals surface area contributed by atoms with Crippen LogP contribution in [0.1, 0.15) is 100 Å². The van der Waals surface area contributed by atoms with Gasteiger partial charge in [0.1, 0.15) is 0 Å². The van der Waals surface area contributed by atoms with E-state index in [2.05, 4.69) is 263 Å². The Balaban J connectivity index is 1.09. The third kappa shape index (κ3) is 5.54. The molecule has 74 heavy (non-hydrogen) atoms. The predicted molar refractivity (Wildman–Crippen MR) is 311 cm³/mol. The second kappa shape index (κ2) is 15.0. The zero-order valence-electron chi connectivity index (χ0n) is 43.8. The van der Waals surface area contributed by atoms with Crippen molar-refractivity contribution in [2.45, 2.75) is 101 Å². The van der Waals surface area contributed by atoms with Crippen molar-refractivity contribution in [3.63, 3.8) is 0 Å². The van der Waals surface area contributed by atoms with Crippen molar-refractivity contribution in [2.24, 2.45) is 0 Å². The maximum atomic E-state index is 2.90. The molecule has 0 radical (unpaired) electrons. The average molecular weight is 956 g/mol. The molecule has 0 saturated carbocycles. The summed E-state index contributed by atoms with van der Waals surface area (Å²) in [5.74, 6) is 0. The molecule has 0 saturated heterocycles. The Kier molecular flexibility index (Phi) is 8.94. The number of rotatable bonds is 4. The van der Waals surface area contributed by atoms with Crippen molar-refractivity contribution in [3.8, 4) is 22.3 Å². The number of hydrogen-bond donors (Lipinski definition) is 0. The number of nitrogens with zero attached hydrogens (tertiary/aromatic N) is 3. The average Bonchev–Trinajstić information content (AvgIpc) is 3.94. The minimum atomic E-state index is -0.389. The number of benzene rings is 9. The summed E-state index contributed by atoms with van der Waals surface area (Å²) in [5.41, 5.74) is 27.1. The van der Waals surface area contributed by atoms with Gasteiger partial charge in [0.05, 0.1) is 11.1 Å². The molecule has 4 aliphatic heterocycles. The smallest absolute Gasteiger partial charge is 0.252 e. The standard InChI is InChI=1S/C70H62BN3/c1-66(2,3)51-41-57-65-59(42-51)71-58-40-50(46-22-12-9-13-23-46)32-35-61(58)72(52-33-30-47(31-34-52)45-20-10-8-11-21-45)62-43-53(44-63(64(62)71)74(65)70(7)55-27-17-15-25-49(55)37-39-68(57,70)5)73-60-29-19-18-28-56(60)67(4)38-36-48-24-14-16-26-54(48)69(67,73)6/h8-35,40-44H,36-39H2,1-7H3. The van der Waals surface area contributed by atoms with Gasteiger partial charge in [0.25, 0.3) is 6.71 Å². The molecule has 0 bridgehead atoms. The van der Waals surface area contributed by atoms with Gasteiger partial charge in [0, 0.05) is 50.6 Å². The zero-order valence-corrected chi connectivity index (χ0v) is 43.8. The van der Waals surface area contributed by atoms with Gasteiger partial charge in [0.2, 0.25) is 0 Å². The van der Waals surface area contributed by atoms with Crippen LogP contribution in [0, 0.1) is 0 Å². The van der Waals surface area contributed by atoms with Crippen molar-refractivity contribution in [1.82, 2.24) is 0 Å². The van der Waals surface area contributed by atoms with Gasteiger partial charge in [0.15, 0.2) is 0 Å². The Bertz CT molecular complexity index is 3820. The quantitative estimate of drug-likeness (QED) is 0.163. The SMILES string of the molecule is CC(C)(C)c1cc2c3c(c1)C1(C)CCc4ccccc4C1(C)N3c1cc(N3c4ccccc4C4(C)CCc5ccccc5C34C)cc3c1B2c1cc(-c2ccccc2)ccc1N3c1ccc(-c2ccccc2)cc1. The lowest BCUT2D eigenvalue weighted by atomic mass is 9.33. The largest absolute Gasteiger partial charge is 0.331 e. The molecule has 0 spiro atoms. The summed E-state index contributed by atoms with van der Waals surface area (Å²) >= 11 is 0. The summed E-state index contributed by atoms with van der Waals surface area (Å²) in [5, 5.41) is 0. The van der Waals surface area contributed by atoms with E-state index in [0.29, 0.717) is 0 Å². The number of anilines is 7. The van der Waals surface area contributed by atoms with Gasteiger partial charge in [-0.15, -0.1) is 0 Å². The van der Waals surface area contributed by atoms with Gasteiger partial charge in [-0.2, -0.15) is 0 Å². The maximum absolute atomic E-state index is 2.90. The third-order valence-corrected chi connectivity index (χ3v) is 19.9. The number of para-hydroxylation sites is 1. The molecule has 0 fully saturated rings. The third-order valence-electron chi connectivity index (χ3n) is 19.9. The molecule has 3 nitrogen and oxygen atoms in total. The molecule has 0 N–H and O–H groups in total. The van der Waals surface area contributed by atoms with Crippen LogP contribution in [0.3, 0.4) is 0 Å². The Morgan fingerprint density at radius 3 is 1.58 bits per heavy atom. The van der Waals surface area contributed by atoms with E-state index in [9.17, 15) is 0 Å². The van der Waals surface area contributed by atoms with E-state index in [4.69, 9.17) is 0 Å². The molecule has 0 aromatic heterocycles. The van der Waals surface area contributed by atoms with Gasteiger partial charge in [-0.05, 0) is 159 Å². The second-order valence-electron chi connectivity index (χ2n) is 24.2. The highest BCUT2D eigenvalue weighted by molar-refractivity contribution is 7.00. The monoisotopic (exact) mass is 956 g/mol. The van der Waals surface area contributed by atoms with Crippen molar-refractivity contribution >= 4 is 62.9 Å². The Morgan fingerprint density at radius 1 is 0.405 bits per heavy atom. The molecule has 360 valence electrons. The maximum Gasteiger partial charge on any atom is 0.252 e. The van der Waals surface area contributed by atoms with Crippen molar-refractivity contribution in [3.05, 3.63) is 239 Å². The van der Waals surface area contributed by atoms with Gasteiger partial charge in [-0.3, -0.25) is 0 Å². The van der Waals surface area contributed by atoms with Crippen LogP contribution in [-0.4, -0.2) is 6.71 Å². The van der Waals surface area contributed by atoms with E-state index in [0.717, 1.165) is 31.4 Å². The van der Waals surface area contributed by atoms with Crippen LogP contribution in [-0.2, 0) is 40.2 Å². The Hall–Kier alpha value is -7.56. The van der Waals surface area contributed by atoms with Gasteiger partial charge in [-0.1, -0.05) is 198 Å². The van der Waals surface area contributed by atoms with E-state index in [1.807, 2.05) is 0 Å². The molecule has 6 aliphatic rings. The first-order valence-electron chi connectivity index (χ1n) is 27.2.